The van der Waals surface area contributed by atoms with Gasteiger partial charge >= 0.3 is 0 Å². The third kappa shape index (κ3) is 5.39. The second kappa shape index (κ2) is 10.8. The molecule has 4 rings (SSSR count). The highest BCUT2D eigenvalue weighted by atomic mass is 19.1. The molecule has 1 heterocycles. The van der Waals surface area contributed by atoms with Crippen LogP contribution in [0.3, 0.4) is 0 Å². The van der Waals surface area contributed by atoms with Gasteiger partial charge in [-0.3, -0.25) is 15.5 Å². The standard InChI is InChI=1S/C30H27FN4O/c1-19(2)10-4-6-15-25(21-12-7-5-11-20(21)3)28(32)29(36)35-30-33-18-27(34-30)24-16-17-26(31)23-14-9-8-13-22(23)24/h4-18,25,32H,1H2,2-3H3,(H2,33,34,35,36)/b10-4-,15-6-,32-28?. The van der Waals surface area contributed by atoms with Crippen molar-refractivity contribution in [2.75, 3.05) is 5.32 Å². The second-order valence-electron chi connectivity index (χ2n) is 8.58. The van der Waals surface area contributed by atoms with Crippen LogP contribution in [-0.4, -0.2) is 21.6 Å². The summed E-state index contributed by atoms with van der Waals surface area (Å²) in [4.78, 5) is 20.4. The number of hydrogen-bond donors (Lipinski definition) is 3. The zero-order chi connectivity index (χ0) is 25.7. The summed E-state index contributed by atoms with van der Waals surface area (Å²) in [6.45, 7) is 7.69. The molecule has 0 saturated heterocycles. The van der Waals surface area contributed by atoms with Gasteiger partial charge in [0.25, 0.3) is 5.91 Å². The average molecular weight is 479 g/mol. The van der Waals surface area contributed by atoms with Crippen LogP contribution in [0.4, 0.5) is 10.3 Å². The van der Waals surface area contributed by atoms with Crippen molar-refractivity contribution in [2.24, 2.45) is 0 Å². The van der Waals surface area contributed by atoms with Gasteiger partial charge in [0.2, 0.25) is 5.95 Å². The van der Waals surface area contributed by atoms with Crippen molar-refractivity contribution >= 4 is 28.3 Å². The van der Waals surface area contributed by atoms with Gasteiger partial charge in [0.15, 0.2) is 0 Å². The number of imidazole rings is 1. The molecule has 1 unspecified atom stereocenters. The summed E-state index contributed by atoms with van der Waals surface area (Å²) < 4.78 is 14.2. The van der Waals surface area contributed by atoms with Crippen LogP contribution in [0.2, 0.25) is 0 Å². The van der Waals surface area contributed by atoms with Crippen LogP contribution in [0.25, 0.3) is 22.0 Å². The number of aromatic nitrogens is 2. The maximum Gasteiger partial charge on any atom is 0.272 e. The van der Waals surface area contributed by atoms with E-state index >= 15 is 0 Å². The predicted octanol–water partition coefficient (Wildman–Crippen LogP) is 7.11. The number of H-pyrrole nitrogens is 1. The van der Waals surface area contributed by atoms with E-state index in [-0.39, 0.29) is 17.5 Å². The lowest BCUT2D eigenvalue weighted by molar-refractivity contribution is -0.110. The largest absolute Gasteiger partial charge is 0.324 e. The number of carbonyl (C=O) groups is 1. The third-order valence-corrected chi connectivity index (χ3v) is 5.84. The third-order valence-electron chi connectivity index (χ3n) is 5.84. The van der Waals surface area contributed by atoms with Crippen molar-refractivity contribution in [2.45, 2.75) is 19.8 Å². The molecule has 0 aliphatic heterocycles. The molecule has 0 saturated carbocycles. The first-order valence-electron chi connectivity index (χ1n) is 11.5. The number of nitrogens with zero attached hydrogens (tertiary/aromatic N) is 1. The Morgan fingerprint density at radius 3 is 2.56 bits per heavy atom. The van der Waals surface area contributed by atoms with Crippen LogP contribution in [0.15, 0.2) is 103 Å². The molecule has 5 nitrogen and oxygen atoms in total. The number of carbonyl (C=O) groups excluding carboxylic acids is 1. The summed E-state index contributed by atoms with van der Waals surface area (Å²) in [5.41, 5.74) is 4.04. The highest BCUT2D eigenvalue weighted by Crippen LogP contribution is 2.30. The van der Waals surface area contributed by atoms with E-state index in [0.717, 1.165) is 27.6 Å². The van der Waals surface area contributed by atoms with Crippen LogP contribution in [0, 0.1) is 18.2 Å². The molecule has 0 bridgehead atoms. The first-order chi connectivity index (χ1) is 17.3. The molecular weight excluding hydrogens is 451 g/mol. The molecule has 0 fully saturated rings. The minimum absolute atomic E-state index is 0.116. The van der Waals surface area contributed by atoms with Crippen molar-refractivity contribution < 1.29 is 9.18 Å². The Morgan fingerprint density at radius 2 is 1.81 bits per heavy atom. The summed E-state index contributed by atoms with van der Waals surface area (Å²) in [6.07, 6.45) is 8.92. The van der Waals surface area contributed by atoms with Gasteiger partial charge in [-0.2, -0.15) is 0 Å². The molecule has 3 N–H and O–H groups in total. The molecule has 0 radical (unpaired) electrons. The maximum absolute atomic E-state index is 14.2. The normalized spacial score (nSPS) is 12.3. The lowest BCUT2D eigenvalue weighted by Crippen LogP contribution is -2.27. The molecule has 6 heteroatoms. The van der Waals surface area contributed by atoms with Crippen molar-refractivity contribution in [3.63, 3.8) is 0 Å². The van der Waals surface area contributed by atoms with E-state index in [1.165, 1.54) is 6.07 Å². The summed E-state index contributed by atoms with van der Waals surface area (Å²) in [7, 11) is 0. The fourth-order valence-corrected chi connectivity index (χ4v) is 4.02. The zero-order valence-corrected chi connectivity index (χ0v) is 20.2. The number of aryl methyl sites for hydroxylation is 1. The first-order valence-corrected chi connectivity index (χ1v) is 11.5. The summed E-state index contributed by atoms with van der Waals surface area (Å²) in [5.74, 6) is -1.20. The molecule has 0 spiro atoms. The van der Waals surface area contributed by atoms with Crippen molar-refractivity contribution in [1.29, 1.82) is 5.41 Å². The number of halogens is 1. The minimum atomic E-state index is -0.568. The number of amides is 1. The van der Waals surface area contributed by atoms with Gasteiger partial charge in [-0.05, 0) is 42.5 Å². The molecule has 4 aromatic rings. The fraction of sp³-hybridized carbons (Fsp3) is 0.100. The molecule has 180 valence electrons. The molecule has 36 heavy (non-hydrogen) atoms. The Bertz CT molecular complexity index is 1510. The molecule has 0 aliphatic rings. The van der Waals surface area contributed by atoms with E-state index in [2.05, 4.69) is 21.9 Å². The highest BCUT2D eigenvalue weighted by molar-refractivity contribution is 6.44. The van der Waals surface area contributed by atoms with Crippen LogP contribution < -0.4 is 5.32 Å². The first kappa shape index (κ1) is 24.5. The van der Waals surface area contributed by atoms with E-state index < -0.39 is 11.8 Å². The topological polar surface area (TPSA) is 81.6 Å². The lowest BCUT2D eigenvalue weighted by Gasteiger charge is -2.16. The number of benzene rings is 3. The number of aromatic amines is 1. The lowest BCUT2D eigenvalue weighted by atomic mass is 9.89. The Balaban J connectivity index is 1.58. The van der Waals surface area contributed by atoms with Crippen LogP contribution in [0.1, 0.15) is 24.0 Å². The molecule has 1 aromatic heterocycles. The Hall–Kier alpha value is -4.58. The van der Waals surface area contributed by atoms with Crippen LogP contribution in [0.5, 0.6) is 0 Å². The Labute approximate surface area is 209 Å². The summed E-state index contributed by atoms with van der Waals surface area (Å²) in [5, 5.41) is 12.6. The predicted molar refractivity (Wildman–Crippen MR) is 145 cm³/mol. The van der Waals surface area contributed by atoms with Gasteiger partial charge in [0.05, 0.1) is 11.9 Å². The second-order valence-corrected chi connectivity index (χ2v) is 8.58. The van der Waals surface area contributed by atoms with Crippen molar-refractivity contribution in [1.82, 2.24) is 9.97 Å². The van der Waals surface area contributed by atoms with E-state index in [0.29, 0.717) is 11.1 Å². The number of fused-ring (bicyclic) bond motifs is 1. The monoisotopic (exact) mass is 478 g/mol. The fourth-order valence-electron chi connectivity index (χ4n) is 4.02. The van der Waals surface area contributed by atoms with E-state index in [4.69, 9.17) is 5.41 Å². The van der Waals surface area contributed by atoms with Crippen LogP contribution in [-0.2, 0) is 4.79 Å². The number of allylic oxidation sites excluding steroid dienone is 5. The van der Waals surface area contributed by atoms with Gasteiger partial charge < -0.3 is 4.98 Å². The smallest absolute Gasteiger partial charge is 0.272 e. The number of rotatable bonds is 8. The number of hydrogen-bond acceptors (Lipinski definition) is 3. The molecule has 0 aliphatic carbocycles. The van der Waals surface area contributed by atoms with E-state index in [1.807, 2.05) is 74.5 Å². The van der Waals surface area contributed by atoms with Gasteiger partial charge in [0.1, 0.15) is 11.5 Å². The van der Waals surface area contributed by atoms with Crippen molar-refractivity contribution in [3.8, 4) is 11.3 Å². The quantitative estimate of drug-likeness (QED) is 0.186. The van der Waals surface area contributed by atoms with Crippen molar-refractivity contribution in [3.05, 3.63) is 120 Å². The van der Waals surface area contributed by atoms with Gasteiger partial charge in [-0.25, -0.2) is 9.37 Å². The molecule has 1 atom stereocenters. The SMILES string of the molecule is C=C(C)/C=C\C=C/C(C(=N)C(=O)Nc1ncc(-c2ccc(F)c3ccccc23)[nH]1)c1ccccc1C. The van der Waals surface area contributed by atoms with Gasteiger partial charge in [-0.1, -0.05) is 85.0 Å². The summed E-state index contributed by atoms with van der Waals surface area (Å²) in [6, 6.07) is 18.0. The highest BCUT2D eigenvalue weighted by Gasteiger charge is 2.23. The Kier molecular flexibility index (Phi) is 7.35. The molecule has 1 amide bonds. The minimum Gasteiger partial charge on any atom is -0.324 e. The maximum atomic E-state index is 14.2. The van der Waals surface area contributed by atoms with Gasteiger partial charge in [-0.15, -0.1) is 0 Å². The number of nitrogens with one attached hydrogen (secondary N) is 3. The Morgan fingerprint density at radius 1 is 1.08 bits per heavy atom. The average Bonchev–Trinajstić information content (AvgIpc) is 3.32. The van der Waals surface area contributed by atoms with Gasteiger partial charge in [0, 0.05) is 16.9 Å². The van der Waals surface area contributed by atoms with E-state index in [1.54, 1.807) is 24.4 Å². The molecular formula is C30H27FN4O. The zero-order valence-electron chi connectivity index (χ0n) is 20.2. The van der Waals surface area contributed by atoms with E-state index in [9.17, 15) is 9.18 Å². The summed E-state index contributed by atoms with van der Waals surface area (Å²) >= 11 is 0. The number of anilines is 1. The van der Waals surface area contributed by atoms with Crippen LogP contribution >= 0.6 is 0 Å². The molecule has 3 aromatic carbocycles.